The minimum Gasteiger partial charge on any atom is -0.443 e. The fraction of sp³-hybridized carbons (Fsp3) is 0.750. The van der Waals surface area contributed by atoms with Gasteiger partial charge in [0.25, 0.3) is 5.91 Å². The van der Waals surface area contributed by atoms with Gasteiger partial charge in [-0.25, -0.2) is 9.69 Å². The van der Waals surface area contributed by atoms with Crippen molar-refractivity contribution in [2.45, 2.75) is 46.3 Å². The van der Waals surface area contributed by atoms with Gasteiger partial charge in [0.05, 0.1) is 0 Å². The zero-order valence-electron chi connectivity index (χ0n) is 11.4. The zero-order chi connectivity index (χ0) is 14.1. The summed E-state index contributed by atoms with van der Waals surface area (Å²) in [5, 5.41) is 2.58. The normalized spacial score (nSPS) is 21.0. The van der Waals surface area contributed by atoms with Crippen molar-refractivity contribution < 1.29 is 19.1 Å². The van der Waals surface area contributed by atoms with Gasteiger partial charge in [0.2, 0.25) is 5.91 Å². The number of nitrogens with zero attached hydrogens (tertiary/aromatic N) is 1. The van der Waals surface area contributed by atoms with Gasteiger partial charge in [-0.2, -0.15) is 0 Å². The van der Waals surface area contributed by atoms with Crippen molar-refractivity contribution in [3.8, 4) is 0 Å². The predicted octanol–water partition coefficient (Wildman–Crippen LogP) is 0.904. The van der Waals surface area contributed by atoms with Crippen molar-refractivity contribution in [2.75, 3.05) is 6.54 Å². The molecule has 102 valence electrons. The van der Waals surface area contributed by atoms with Crippen LogP contribution in [0.4, 0.5) is 4.79 Å². The van der Waals surface area contributed by atoms with Crippen LogP contribution in [0, 0.1) is 5.92 Å². The Morgan fingerprint density at radius 1 is 1.39 bits per heavy atom. The summed E-state index contributed by atoms with van der Waals surface area (Å²) < 4.78 is 5.11. The Labute approximate surface area is 107 Å². The van der Waals surface area contributed by atoms with E-state index in [0.717, 1.165) is 4.90 Å². The quantitative estimate of drug-likeness (QED) is 0.756. The second kappa shape index (κ2) is 4.96. The third kappa shape index (κ3) is 3.45. The van der Waals surface area contributed by atoms with Gasteiger partial charge >= 0.3 is 6.09 Å². The van der Waals surface area contributed by atoms with Crippen LogP contribution in [0.25, 0.3) is 0 Å². The van der Waals surface area contributed by atoms with Crippen LogP contribution >= 0.6 is 0 Å². The van der Waals surface area contributed by atoms with Crippen LogP contribution in [0.2, 0.25) is 0 Å². The Bertz CT molecular complexity index is 371. The highest BCUT2D eigenvalue weighted by Gasteiger charge is 2.39. The first kappa shape index (κ1) is 14.5. The Morgan fingerprint density at radius 2 is 1.94 bits per heavy atom. The van der Waals surface area contributed by atoms with E-state index in [2.05, 4.69) is 5.32 Å². The van der Waals surface area contributed by atoms with Gasteiger partial charge in [-0.15, -0.1) is 0 Å². The van der Waals surface area contributed by atoms with Gasteiger partial charge in [0, 0.05) is 0 Å². The van der Waals surface area contributed by atoms with Crippen LogP contribution in [0.3, 0.4) is 0 Å². The summed E-state index contributed by atoms with van der Waals surface area (Å²) in [7, 11) is 0. The molecule has 6 nitrogen and oxygen atoms in total. The molecule has 1 saturated heterocycles. The smallest absolute Gasteiger partial charge is 0.417 e. The van der Waals surface area contributed by atoms with Crippen molar-refractivity contribution in [1.82, 2.24) is 10.2 Å². The molecule has 1 aliphatic rings. The van der Waals surface area contributed by atoms with Crippen molar-refractivity contribution in [3.63, 3.8) is 0 Å². The number of carbonyl (C=O) groups is 3. The van der Waals surface area contributed by atoms with Crippen molar-refractivity contribution in [2.24, 2.45) is 5.92 Å². The second-order valence-corrected chi connectivity index (χ2v) is 5.69. The van der Waals surface area contributed by atoms with E-state index in [-0.39, 0.29) is 18.4 Å². The van der Waals surface area contributed by atoms with E-state index in [1.165, 1.54) is 0 Å². The van der Waals surface area contributed by atoms with E-state index in [1.54, 1.807) is 34.6 Å². The number of rotatable bonds is 1. The molecule has 1 fully saturated rings. The Balaban J connectivity index is 2.84. The molecule has 0 radical (unpaired) electrons. The van der Waals surface area contributed by atoms with Crippen LogP contribution in [0.1, 0.15) is 34.6 Å². The van der Waals surface area contributed by atoms with E-state index in [1.807, 2.05) is 0 Å². The Kier molecular flexibility index (Phi) is 3.98. The number of ether oxygens (including phenoxy) is 1. The number of hydrogen-bond donors (Lipinski definition) is 1. The first-order chi connectivity index (χ1) is 8.11. The van der Waals surface area contributed by atoms with Gasteiger partial charge < -0.3 is 10.1 Å². The highest BCUT2D eigenvalue weighted by molar-refractivity contribution is 6.03. The number of imide groups is 1. The van der Waals surface area contributed by atoms with Gasteiger partial charge in [-0.3, -0.25) is 9.59 Å². The van der Waals surface area contributed by atoms with Crippen molar-refractivity contribution in [1.29, 1.82) is 0 Å². The fourth-order valence-electron chi connectivity index (χ4n) is 1.59. The summed E-state index contributed by atoms with van der Waals surface area (Å²) in [6.07, 6.45) is -0.770. The van der Waals surface area contributed by atoms with Crippen LogP contribution in [0.15, 0.2) is 0 Å². The number of piperazine rings is 1. The highest BCUT2D eigenvalue weighted by atomic mass is 16.6. The molecule has 6 heteroatoms. The maximum Gasteiger partial charge on any atom is 0.417 e. The maximum atomic E-state index is 12.1. The average molecular weight is 256 g/mol. The summed E-state index contributed by atoms with van der Waals surface area (Å²) >= 11 is 0. The molecule has 0 aromatic rings. The van der Waals surface area contributed by atoms with Crippen LogP contribution < -0.4 is 5.32 Å². The summed E-state index contributed by atoms with van der Waals surface area (Å²) in [5.74, 6) is -0.843. The minimum atomic E-state index is -0.770. The molecule has 0 unspecified atom stereocenters. The van der Waals surface area contributed by atoms with Gasteiger partial charge in [0.1, 0.15) is 18.2 Å². The maximum absolute atomic E-state index is 12.1. The first-order valence-electron chi connectivity index (χ1n) is 5.95. The van der Waals surface area contributed by atoms with Crippen molar-refractivity contribution in [3.05, 3.63) is 0 Å². The molecule has 1 heterocycles. The highest BCUT2D eigenvalue weighted by Crippen LogP contribution is 2.15. The van der Waals surface area contributed by atoms with E-state index in [4.69, 9.17) is 4.74 Å². The molecule has 0 aliphatic carbocycles. The topological polar surface area (TPSA) is 75.7 Å². The standard InChI is InChI=1S/C12H20N2O4/c1-7(2)9-10(16)14(6-8(15)13-9)11(17)18-12(3,4)5/h7,9H,6H2,1-5H3,(H,13,15)/t9-/m0/s1. The third-order valence-corrected chi connectivity index (χ3v) is 2.43. The van der Waals surface area contributed by atoms with Gasteiger partial charge in [-0.05, 0) is 26.7 Å². The molecule has 3 amide bonds. The predicted molar refractivity (Wildman–Crippen MR) is 64.7 cm³/mol. The Hall–Kier alpha value is -1.59. The molecule has 1 aliphatic heterocycles. The SMILES string of the molecule is CC(C)[C@@H]1NC(=O)CN(C(=O)OC(C)(C)C)C1=O. The largest absolute Gasteiger partial charge is 0.443 e. The molecule has 0 aromatic heterocycles. The lowest BCUT2D eigenvalue weighted by Gasteiger charge is -2.34. The zero-order valence-corrected chi connectivity index (χ0v) is 11.4. The lowest BCUT2D eigenvalue weighted by molar-refractivity contribution is -0.144. The van der Waals surface area contributed by atoms with Gasteiger partial charge in [0.15, 0.2) is 0 Å². The molecule has 0 bridgehead atoms. The lowest BCUT2D eigenvalue weighted by atomic mass is 10.0. The summed E-state index contributed by atoms with van der Waals surface area (Å²) in [6.45, 7) is 8.46. The van der Waals surface area contributed by atoms with Gasteiger partial charge in [-0.1, -0.05) is 13.8 Å². The molecular formula is C12H20N2O4. The molecule has 18 heavy (non-hydrogen) atoms. The van der Waals surface area contributed by atoms with E-state index in [0.29, 0.717) is 0 Å². The molecular weight excluding hydrogens is 236 g/mol. The van der Waals surface area contributed by atoms with E-state index < -0.39 is 23.6 Å². The molecule has 0 aromatic carbocycles. The van der Waals surface area contributed by atoms with Crippen LogP contribution in [-0.2, 0) is 14.3 Å². The van der Waals surface area contributed by atoms with E-state index >= 15 is 0 Å². The number of amides is 3. The molecule has 0 saturated carbocycles. The van der Waals surface area contributed by atoms with E-state index in [9.17, 15) is 14.4 Å². The minimum absolute atomic E-state index is 0.0771. The molecule has 0 spiro atoms. The van der Waals surface area contributed by atoms with Crippen LogP contribution in [0.5, 0.6) is 0 Å². The summed E-state index contributed by atoms with van der Waals surface area (Å²) in [6, 6.07) is -0.668. The van der Waals surface area contributed by atoms with Crippen molar-refractivity contribution >= 4 is 17.9 Å². The van der Waals surface area contributed by atoms with Crippen LogP contribution in [-0.4, -0.2) is 41.0 Å². The number of hydrogen-bond acceptors (Lipinski definition) is 4. The second-order valence-electron chi connectivity index (χ2n) is 5.69. The lowest BCUT2D eigenvalue weighted by Crippen LogP contribution is -2.61. The average Bonchev–Trinajstić information content (AvgIpc) is 2.17. The monoisotopic (exact) mass is 256 g/mol. The summed E-state index contributed by atoms with van der Waals surface area (Å²) in [4.78, 5) is 36.3. The summed E-state index contributed by atoms with van der Waals surface area (Å²) in [5.41, 5.74) is -0.696. The molecule has 1 N–H and O–H groups in total. The molecule has 1 rings (SSSR count). The first-order valence-corrected chi connectivity index (χ1v) is 5.95. The fourth-order valence-corrected chi connectivity index (χ4v) is 1.59. The molecule has 1 atom stereocenters. The third-order valence-electron chi connectivity index (χ3n) is 2.43. The Morgan fingerprint density at radius 3 is 2.39 bits per heavy atom. The number of carbonyl (C=O) groups excluding carboxylic acids is 3. The number of nitrogens with one attached hydrogen (secondary N) is 1.